The maximum Gasteiger partial charge on any atom is 0.228 e. The minimum atomic E-state index is 0.207. The van der Waals surface area contributed by atoms with Gasteiger partial charge in [0.2, 0.25) is 5.91 Å². The van der Waals surface area contributed by atoms with Gasteiger partial charge in [0.25, 0.3) is 0 Å². The fraction of sp³-hybridized carbons (Fsp3) is 0.409. The van der Waals surface area contributed by atoms with Crippen LogP contribution >= 0.6 is 0 Å². The number of para-hydroxylation sites is 1. The van der Waals surface area contributed by atoms with E-state index in [1.54, 1.807) is 0 Å². The van der Waals surface area contributed by atoms with Gasteiger partial charge in [-0.25, -0.2) is 0 Å². The van der Waals surface area contributed by atoms with Gasteiger partial charge in [-0.3, -0.25) is 4.79 Å². The number of nitrogens with zero attached hydrogens (tertiary/aromatic N) is 2. The Labute approximate surface area is 155 Å². The quantitative estimate of drug-likeness (QED) is 0.884. The Morgan fingerprint density at radius 3 is 2.50 bits per heavy atom. The number of hydrogen-bond donors (Lipinski definition) is 1. The van der Waals surface area contributed by atoms with Crippen molar-refractivity contribution < 1.29 is 4.79 Å². The molecule has 1 amide bonds. The van der Waals surface area contributed by atoms with Crippen LogP contribution in [0.5, 0.6) is 0 Å². The van der Waals surface area contributed by atoms with Gasteiger partial charge in [-0.1, -0.05) is 18.2 Å². The molecule has 1 fully saturated rings. The van der Waals surface area contributed by atoms with E-state index in [0.717, 1.165) is 30.8 Å². The zero-order valence-electron chi connectivity index (χ0n) is 15.3. The van der Waals surface area contributed by atoms with Crippen LogP contribution in [-0.2, 0) is 11.2 Å². The number of carbonyl (C=O) groups is 1. The summed E-state index contributed by atoms with van der Waals surface area (Å²) in [6, 6.07) is 16.9. The molecule has 4 heteroatoms. The van der Waals surface area contributed by atoms with Gasteiger partial charge in [-0.2, -0.15) is 0 Å². The lowest BCUT2D eigenvalue weighted by atomic mass is 10.0. The Balaban J connectivity index is 1.30. The predicted molar refractivity (Wildman–Crippen MR) is 108 cm³/mol. The van der Waals surface area contributed by atoms with Crippen LogP contribution < -0.4 is 15.1 Å². The van der Waals surface area contributed by atoms with E-state index in [4.69, 9.17) is 0 Å². The first-order chi connectivity index (χ1) is 12.8. The number of fused-ring (bicyclic) bond motifs is 1. The summed E-state index contributed by atoms with van der Waals surface area (Å²) in [5, 5.41) is 3.39. The van der Waals surface area contributed by atoms with Crippen LogP contribution in [0.25, 0.3) is 0 Å². The number of benzene rings is 2. The molecule has 136 valence electrons. The number of rotatable bonds is 5. The van der Waals surface area contributed by atoms with Crippen molar-refractivity contribution in [3.63, 3.8) is 0 Å². The zero-order chi connectivity index (χ0) is 17.8. The number of anilines is 3. The van der Waals surface area contributed by atoms with E-state index in [1.807, 2.05) is 11.0 Å². The van der Waals surface area contributed by atoms with Crippen molar-refractivity contribution in [2.24, 2.45) is 0 Å². The lowest BCUT2D eigenvalue weighted by molar-refractivity contribution is -0.118. The van der Waals surface area contributed by atoms with Crippen molar-refractivity contribution in [3.8, 4) is 0 Å². The maximum absolute atomic E-state index is 12.7. The minimum Gasteiger partial charge on any atom is -0.385 e. The van der Waals surface area contributed by atoms with Crippen LogP contribution in [0.1, 0.15) is 31.2 Å². The van der Waals surface area contributed by atoms with Crippen molar-refractivity contribution in [2.45, 2.75) is 32.1 Å². The summed E-state index contributed by atoms with van der Waals surface area (Å²) in [6.07, 6.45) is 5.22. The molecular weight excluding hydrogens is 322 g/mol. The number of carbonyl (C=O) groups excluding carboxylic acids is 1. The second kappa shape index (κ2) is 7.81. The molecule has 0 spiro atoms. The molecular formula is C22H27N3O. The highest BCUT2D eigenvalue weighted by Gasteiger charge is 2.21. The molecule has 26 heavy (non-hydrogen) atoms. The molecule has 2 aromatic carbocycles. The van der Waals surface area contributed by atoms with Crippen LogP contribution in [0.15, 0.2) is 48.5 Å². The molecule has 2 aliphatic heterocycles. The van der Waals surface area contributed by atoms with Crippen molar-refractivity contribution in [3.05, 3.63) is 54.1 Å². The molecule has 0 aliphatic carbocycles. The molecule has 0 aromatic heterocycles. The Hall–Kier alpha value is -2.49. The van der Waals surface area contributed by atoms with Crippen LogP contribution in [0, 0.1) is 0 Å². The second-order valence-electron chi connectivity index (χ2n) is 7.20. The minimum absolute atomic E-state index is 0.207. The molecule has 4 rings (SSSR count). The second-order valence-corrected chi connectivity index (χ2v) is 7.20. The molecule has 0 bridgehead atoms. The van der Waals surface area contributed by atoms with Gasteiger partial charge in [-0.05, 0) is 61.6 Å². The highest BCUT2D eigenvalue weighted by Crippen LogP contribution is 2.27. The first-order valence-corrected chi connectivity index (χ1v) is 9.78. The molecule has 0 saturated carbocycles. The molecule has 2 aromatic rings. The fourth-order valence-electron chi connectivity index (χ4n) is 4.01. The third-order valence-corrected chi connectivity index (χ3v) is 5.42. The van der Waals surface area contributed by atoms with Gasteiger partial charge in [0.15, 0.2) is 0 Å². The lowest BCUT2D eigenvalue weighted by Crippen LogP contribution is -2.36. The first-order valence-electron chi connectivity index (χ1n) is 9.78. The topological polar surface area (TPSA) is 35.6 Å². The summed E-state index contributed by atoms with van der Waals surface area (Å²) in [5.41, 5.74) is 4.77. The summed E-state index contributed by atoms with van der Waals surface area (Å²) in [7, 11) is 0. The van der Waals surface area contributed by atoms with Gasteiger partial charge < -0.3 is 15.1 Å². The summed E-state index contributed by atoms with van der Waals surface area (Å²) in [5.74, 6) is 0.207. The van der Waals surface area contributed by atoms with E-state index >= 15 is 0 Å². The van der Waals surface area contributed by atoms with E-state index in [0.29, 0.717) is 13.0 Å². The monoisotopic (exact) mass is 349 g/mol. The zero-order valence-corrected chi connectivity index (χ0v) is 15.3. The fourth-order valence-corrected chi connectivity index (χ4v) is 4.01. The molecule has 1 N–H and O–H groups in total. The third-order valence-electron chi connectivity index (χ3n) is 5.42. The third kappa shape index (κ3) is 3.69. The van der Waals surface area contributed by atoms with Gasteiger partial charge in [-0.15, -0.1) is 0 Å². The predicted octanol–water partition coefficient (Wildman–Crippen LogP) is 4.07. The van der Waals surface area contributed by atoms with Gasteiger partial charge in [0.1, 0.15) is 0 Å². The Kier molecular flexibility index (Phi) is 5.09. The SMILES string of the molecule is O=C(CCNc1ccc(N2CCCC2)cc1)N1CCCc2ccccc21. The molecule has 4 nitrogen and oxygen atoms in total. The smallest absolute Gasteiger partial charge is 0.228 e. The molecule has 0 unspecified atom stereocenters. The van der Waals surface area contributed by atoms with E-state index in [-0.39, 0.29) is 5.91 Å². The Morgan fingerprint density at radius 1 is 0.923 bits per heavy atom. The first kappa shape index (κ1) is 17.0. The lowest BCUT2D eigenvalue weighted by Gasteiger charge is -2.29. The van der Waals surface area contributed by atoms with Crippen LogP contribution in [0.4, 0.5) is 17.1 Å². The normalized spacial score (nSPS) is 16.5. The van der Waals surface area contributed by atoms with Crippen molar-refractivity contribution in [1.82, 2.24) is 0 Å². The van der Waals surface area contributed by atoms with Gasteiger partial charge >= 0.3 is 0 Å². The van der Waals surface area contributed by atoms with Crippen LogP contribution in [0.2, 0.25) is 0 Å². The van der Waals surface area contributed by atoms with Crippen molar-refractivity contribution in [2.75, 3.05) is 41.3 Å². The molecule has 2 heterocycles. The standard InChI is InChI=1S/C22H27N3O/c26-22(25-17-5-7-18-6-1-2-8-21(18)25)13-14-23-19-9-11-20(12-10-19)24-15-3-4-16-24/h1-2,6,8-12,23H,3-5,7,13-17H2. The summed E-state index contributed by atoms with van der Waals surface area (Å²) >= 11 is 0. The van der Waals surface area contributed by atoms with E-state index in [2.05, 4.69) is 52.7 Å². The molecule has 0 atom stereocenters. The Morgan fingerprint density at radius 2 is 1.69 bits per heavy atom. The largest absolute Gasteiger partial charge is 0.385 e. The average Bonchev–Trinajstić information content (AvgIpc) is 3.23. The summed E-state index contributed by atoms with van der Waals surface area (Å²) < 4.78 is 0. The average molecular weight is 349 g/mol. The molecule has 1 saturated heterocycles. The maximum atomic E-state index is 12.7. The highest BCUT2D eigenvalue weighted by molar-refractivity contribution is 5.94. The summed E-state index contributed by atoms with van der Waals surface area (Å²) in [6.45, 7) is 3.83. The van der Waals surface area contributed by atoms with E-state index in [1.165, 1.54) is 37.2 Å². The number of amides is 1. The van der Waals surface area contributed by atoms with E-state index < -0.39 is 0 Å². The van der Waals surface area contributed by atoms with Gasteiger partial charge in [0.05, 0.1) is 0 Å². The highest BCUT2D eigenvalue weighted by atomic mass is 16.2. The van der Waals surface area contributed by atoms with E-state index in [9.17, 15) is 4.79 Å². The summed E-state index contributed by atoms with van der Waals surface area (Å²) in [4.78, 5) is 17.0. The van der Waals surface area contributed by atoms with Crippen LogP contribution in [0.3, 0.4) is 0 Å². The molecule has 2 aliphatic rings. The number of nitrogens with one attached hydrogen (secondary N) is 1. The van der Waals surface area contributed by atoms with Gasteiger partial charge in [0, 0.05) is 49.7 Å². The Bertz CT molecular complexity index is 750. The number of hydrogen-bond acceptors (Lipinski definition) is 3. The number of aryl methyl sites for hydroxylation is 1. The molecule has 0 radical (unpaired) electrons. The van der Waals surface area contributed by atoms with Crippen molar-refractivity contribution in [1.29, 1.82) is 0 Å². The van der Waals surface area contributed by atoms with Crippen molar-refractivity contribution >= 4 is 23.0 Å². The van der Waals surface area contributed by atoms with Crippen LogP contribution in [-0.4, -0.2) is 32.1 Å².